The number of hydrogen-bond acceptors (Lipinski definition) is 5. The van der Waals surface area contributed by atoms with Gasteiger partial charge in [0, 0.05) is 19.3 Å². The minimum Gasteiger partial charge on any atom is -0.449 e. The Morgan fingerprint density at radius 1 is 0.680 bits per heavy atom. The van der Waals surface area contributed by atoms with Crippen molar-refractivity contribution in [1.29, 1.82) is 0 Å². The lowest BCUT2D eigenvalue weighted by Crippen LogP contribution is -2.34. The van der Waals surface area contributed by atoms with Gasteiger partial charge in [0.15, 0.2) is 6.10 Å². The molecule has 0 heterocycles. The average molecular weight is 701 g/mol. The molecule has 0 saturated heterocycles. The van der Waals surface area contributed by atoms with E-state index >= 15 is 0 Å². The molecule has 0 aliphatic rings. The number of alkyl halides is 3. The molecule has 0 aliphatic carbocycles. The van der Waals surface area contributed by atoms with Crippen molar-refractivity contribution >= 4 is 11.9 Å². The number of rotatable bonds is 23. The second-order valence-electron chi connectivity index (χ2n) is 12.7. The standard InChI is InChI=1S/C41H52F4O5/c1-3-5-6-7-8-9-10-11-12-14-17-31-19-21-32(22-20-31)33-23-25-34(26-24-33)39(46)49-35-27-28-36(37(42)30-35)40(47)50-38(41(43,44)45)18-15-13-16-29-48-4-2/h19-28,30,38H,3-18,29H2,1-2H3/t38-/m1/s1. The molecule has 0 amide bonds. The molecule has 0 bridgehead atoms. The molecule has 1 atom stereocenters. The lowest BCUT2D eigenvalue weighted by atomic mass is 10.00. The summed E-state index contributed by atoms with van der Waals surface area (Å²) in [5, 5.41) is 0. The third-order valence-electron chi connectivity index (χ3n) is 8.67. The number of unbranched alkanes of at least 4 members (excludes halogenated alkanes) is 11. The summed E-state index contributed by atoms with van der Waals surface area (Å²) in [5.74, 6) is -3.56. The number of ether oxygens (including phenoxy) is 3. The maximum Gasteiger partial charge on any atom is 0.425 e. The van der Waals surface area contributed by atoms with Crippen LogP contribution < -0.4 is 4.74 Å². The Morgan fingerprint density at radius 3 is 1.84 bits per heavy atom. The van der Waals surface area contributed by atoms with Gasteiger partial charge in [0.25, 0.3) is 0 Å². The van der Waals surface area contributed by atoms with Crippen LogP contribution in [0, 0.1) is 5.82 Å². The van der Waals surface area contributed by atoms with Crippen LogP contribution in [-0.2, 0) is 15.9 Å². The third-order valence-corrected chi connectivity index (χ3v) is 8.67. The van der Waals surface area contributed by atoms with Crippen LogP contribution in [0.4, 0.5) is 17.6 Å². The summed E-state index contributed by atoms with van der Waals surface area (Å²) in [4.78, 5) is 25.2. The molecule has 274 valence electrons. The van der Waals surface area contributed by atoms with Crippen LogP contribution in [0.1, 0.15) is 130 Å². The molecule has 0 fully saturated rings. The minimum absolute atomic E-state index is 0.161. The van der Waals surface area contributed by atoms with E-state index in [4.69, 9.17) is 9.47 Å². The number of hydrogen-bond donors (Lipinski definition) is 0. The van der Waals surface area contributed by atoms with Crippen LogP contribution in [0.3, 0.4) is 0 Å². The topological polar surface area (TPSA) is 61.8 Å². The fourth-order valence-electron chi connectivity index (χ4n) is 5.71. The molecule has 0 spiro atoms. The maximum absolute atomic E-state index is 14.8. The predicted octanol–water partition coefficient (Wildman–Crippen LogP) is 11.9. The van der Waals surface area contributed by atoms with Gasteiger partial charge in [-0.2, -0.15) is 13.2 Å². The van der Waals surface area contributed by atoms with Crippen LogP contribution in [-0.4, -0.2) is 37.4 Å². The fraction of sp³-hybridized carbons (Fsp3) is 0.512. The molecule has 5 nitrogen and oxygen atoms in total. The normalized spacial score (nSPS) is 12.1. The molecule has 0 aromatic heterocycles. The zero-order chi connectivity index (χ0) is 36.2. The first-order valence-corrected chi connectivity index (χ1v) is 18.2. The lowest BCUT2D eigenvalue weighted by molar-refractivity contribution is -0.206. The van der Waals surface area contributed by atoms with Gasteiger partial charge in [-0.15, -0.1) is 0 Å². The van der Waals surface area contributed by atoms with Gasteiger partial charge in [0.05, 0.1) is 11.1 Å². The summed E-state index contributed by atoms with van der Waals surface area (Å²) in [6, 6.07) is 18.0. The Bertz CT molecular complexity index is 1420. The molecule has 3 aromatic rings. The van der Waals surface area contributed by atoms with Crippen LogP contribution in [0.15, 0.2) is 66.7 Å². The van der Waals surface area contributed by atoms with Gasteiger partial charge in [-0.3, -0.25) is 0 Å². The highest BCUT2D eigenvalue weighted by atomic mass is 19.4. The minimum atomic E-state index is -4.80. The van der Waals surface area contributed by atoms with E-state index in [1.165, 1.54) is 69.8 Å². The van der Waals surface area contributed by atoms with Crippen molar-refractivity contribution in [3.63, 3.8) is 0 Å². The van der Waals surface area contributed by atoms with Gasteiger partial charge in [0.1, 0.15) is 11.6 Å². The molecule has 0 radical (unpaired) electrons. The van der Waals surface area contributed by atoms with Crippen molar-refractivity contribution in [2.75, 3.05) is 13.2 Å². The first-order valence-electron chi connectivity index (χ1n) is 18.2. The number of esters is 2. The number of aryl methyl sites for hydroxylation is 1. The number of carbonyl (C=O) groups is 2. The average Bonchev–Trinajstić information content (AvgIpc) is 3.10. The van der Waals surface area contributed by atoms with E-state index in [0.717, 1.165) is 35.7 Å². The Balaban J connectivity index is 1.46. The van der Waals surface area contributed by atoms with E-state index in [2.05, 4.69) is 35.9 Å². The molecular formula is C41H52F4O5. The monoisotopic (exact) mass is 700 g/mol. The maximum atomic E-state index is 14.8. The van der Waals surface area contributed by atoms with Crippen molar-refractivity contribution < 1.29 is 41.4 Å². The molecule has 3 rings (SSSR count). The highest BCUT2D eigenvalue weighted by Gasteiger charge is 2.42. The summed E-state index contributed by atoms with van der Waals surface area (Å²) in [6.07, 6.45) is 7.75. The summed E-state index contributed by atoms with van der Waals surface area (Å²) in [5.41, 5.74) is 2.77. The van der Waals surface area contributed by atoms with Crippen molar-refractivity contribution in [1.82, 2.24) is 0 Å². The summed E-state index contributed by atoms with van der Waals surface area (Å²) in [7, 11) is 0. The van der Waals surface area contributed by atoms with Crippen LogP contribution in [0.2, 0.25) is 0 Å². The van der Waals surface area contributed by atoms with Gasteiger partial charge >= 0.3 is 18.1 Å². The number of benzene rings is 3. The largest absolute Gasteiger partial charge is 0.449 e. The van der Waals surface area contributed by atoms with Crippen molar-refractivity contribution in [3.05, 3.63) is 89.2 Å². The molecule has 0 aliphatic heterocycles. The Kier molecular flexibility index (Phi) is 18.1. The van der Waals surface area contributed by atoms with Crippen LogP contribution in [0.5, 0.6) is 5.75 Å². The molecule has 0 saturated carbocycles. The van der Waals surface area contributed by atoms with E-state index < -0.39 is 42.0 Å². The van der Waals surface area contributed by atoms with Gasteiger partial charge in [-0.05, 0) is 80.0 Å². The molecule has 0 N–H and O–H groups in total. The first kappa shape index (κ1) is 40.7. The van der Waals surface area contributed by atoms with Gasteiger partial charge in [-0.25, -0.2) is 14.0 Å². The van der Waals surface area contributed by atoms with Gasteiger partial charge in [-0.1, -0.05) is 108 Å². The predicted molar refractivity (Wildman–Crippen MR) is 189 cm³/mol. The van der Waals surface area contributed by atoms with Crippen LogP contribution >= 0.6 is 0 Å². The highest BCUT2D eigenvalue weighted by molar-refractivity contribution is 5.92. The molecule has 0 unspecified atom stereocenters. The number of halogens is 4. The summed E-state index contributed by atoms with van der Waals surface area (Å²) >= 11 is 0. The Labute approximate surface area is 294 Å². The second kappa shape index (κ2) is 22.2. The Morgan fingerprint density at radius 2 is 1.26 bits per heavy atom. The fourth-order valence-corrected chi connectivity index (χ4v) is 5.71. The quantitative estimate of drug-likeness (QED) is 0.0426. The van der Waals surface area contributed by atoms with Gasteiger partial charge < -0.3 is 14.2 Å². The van der Waals surface area contributed by atoms with E-state index in [9.17, 15) is 27.2 Å². The van der Waals surface area contributed by atoms with Crippen molar-refractivity contribution in [3.8, 4) is 16.9 Å². The summed E-state index contributed by atoms with van der Waals surface area (Å²) in [6.45, 7) is 5.03. The first-order chi connectivity index (χ1) is 24.1. The molecule has 3 aromatic carbocycles. The SMILES string of the molecule is CCCCCCCCCCCCc1ccc(-c2ccc(C(=O)Oc3ccc(C(=O)O[C@H](CCCCCOCC)C(F)(F)F)c(F)c3)cc2)cc1. The van der Waals surface area contributed by atoms with E-state index in [1.54, 1.807) is 24.3 Å². The molecular weight excluding hydrogens is 648 g/mol. The van der Waals surface area contributed by atoms with E-state index in [1.807, 2.05) is 6.92 Å². The van der Waals surface area contributed by atoms with Crippen molar-refractivity contribution in [2.24, 2.45) is 0 Å². The van der Waals surface area contributed by atoms with E-state index in [-0.39, 0.29) is 17.7 Å². The third kappa shape index (κ3) is 14.6. The van der Waals surface area contributed by atoms with Crippen molar-refractivity contribution in [2.45, 2.75) is 122 Å². The van der Waals surface area contributed by atoms with E-state index in [0.29, 0.717) is 26.1 Å². The zero-order valence-corrected chi connectivity index (χ0v) is 29.5. The number of carbonyl (C=O) groups excluding carboxylic acids is 2. The zero-order valence-electron chi connectivity index (χ0n) is 29.5. The van der Waals surface area contributed by atoms with Crippen LogP contribution in [0.25, 0.3) is 11.1 Å². The molecule has 9 heteroatoms. The second-order valence-corrected chi connectivity index (χ2v) is 12.7. The summed E-state index contributed by atoms with van der Waals surface area (Å²) < 4.78 is 70.4. The lowest BCUT2D eigenvalue weighted by Gasteiger charge is -2.21. The highest BCUT2D eigenvalue weighted by Crippen LogP contribution is 2.29. The Hall–Kier alpha value is -3.72. The smallest absolute Gasteiger partial charge is 0.425 e. The van der Waals surface area contributed by atoms with Gasteiger partial charge in [0.2, 0.25) is 0 Å². The molecule has 50 heavy (non-hydrogen) atoms.